The van der Waals surface area contributed by atoms with Crippen molar-refractivity contribution in [1.29, 1.82) is 0 Å². The van der Waals surface area contributed by atoms with Crippen LogP contribution in [-0.4, -0.2) is 52.4 Å². The van der Waals surface area contributed by atoms with Gasteiger partial charge in [0.2, 0.25) is 0 Å². The van der Waals surface area contributed by atoms with E-state index in [4.69, 9.17) is 9.47 Å². The third-order valence-electron chi connectivity index (χ3n) is 5.05. The molecule has 3 aromatic rings. The maximum absolute atomic E-state index is 13.5. The molecule has 0 spiro atoms. The van der Waals surface area contributed by atoms with Crippen LogP contribution in [0.5, 0.6) is 11.5 Å². The van der Waals surface area contributed by atoms with Crippen molar-refractivity contribution in [2.75, 3.05) is 25.7 Å². The van der Waals surface area contributed by atoms with Gasteiger partial charge in [-0.3, -0.25) is 4.99 Å². The first-order chi connectivity index (χ1) is 14.9. The number of methoxy groups -OCH3 is 2. The summed E-state index contributed by atoms with van der Waals surface area (Å²) >= 11 is 3.02. The molecule has 31 heavy (non-hydrogen) atoms. The third kappa shape index (κ3) is 4.52. The Labute approximate surface area is 187 Å². The van der Waals surface area contributed by atoms with E-state index in [2.05, 4.69) is 9.98 Å². The summed E-state index contributed by atoms with van der Waals surface area (Å²) < 4.78 is 24.1. The van der Waals surface area contributed by atoms with E-state index >= 15 is 0 Å². The van der Waals surface area contributed by atoms with Crippen molar-refractivity contribution >= 4 is 45.4 Å². The first-order valence-electron chi connectivity index (χ1n) is 9.49. The number of halogens is 1. The van der Waals surface area contributed by atoms with Crippen molar-refractivity contribution in [1.82, 2.24) is 4.98 Å². The quantitative estimate of drug-likeness (QED) is 0.477. The SMILES string of the molecule is COc1ccc(SCC2=N[C@](Cc3cc4ccc(F)cc4[nH]3)(C(=O)O)CS2)cc1OC. The number of carboxylic acid groups (broad SMARTS) is 1. The number of fused-ring (bicyclic) bond motifs is 1. The minimum atomic E-state index is -1.24. The van der Waals surface area contributed by atoms with E-state index in [-0.39, 0.29) is 12.2 Å². The zero-order chi connectivity index (χ0) is 22.0. The van der Waals surface area contributed by atoms with Crippen LogP contribution in [0.4, 0.5) is 4.39 Å². The smallest absolute Gasteiger partial charge is 0.332 e. The number of aliphatic imine (C=N–C) groups is 1. The van der Waals surface area contributed by atoms with Gasteiger partial charge < -0.3 is 19.6 Å². The van der Waals surface area contributed by atoms with Crippen molar-refractivity contribution < 1.29 is 23.8 Å². The fraction of sp³-hybridized carbons (Fsp3) is 0.273. The Bertz CT molecular complexity index is 1160. The number of hydrogen-bond donors (Lipinski definition) is 2. The van der Waals surface area contributed by atoms with Crippen LogP contribution in [-0.2, 0) is 11.2 Å². The number of carbonyl (C=O) groups is 1. The maximum atomic E-state index is 13.5. The Hall–Kier alpha value is -2.65. The number of thioether (sulfide) groups is 2. The summed E-state index contributed by atoms with van der Waals surface area (Å²) in [5.74, 6) is 0.918. The molecule has 2 aromatic carbocycles. The zero-order valence-corrected chi connectivity index (χ0v) is 18.6. The number of nitrogens with one attached hydrogen (secondary N) is 1. The average Bonchev–Trinajstić information content (AvgIpc) is 3.36. The van der Waals surface area contributed by atoms with Crippen LogP contribution in [0.3, 0.4) is 0 Å². The molecule has 4 rings (SSSR count). The molecular formula is C22H21FN2O4S2. The number of carboxylic acids is 1. The first kappa shape index (κ1) is 21.6. The van der Waals surface area contributed by atoms with Crippen LogP contribution in [0.2, 0.25) is 0 Å². The van der Waals surface area contributed by atoms with Crippen LogP contribution in [0.25, 0.3) is 10.9 Å². The molecule has 0 radical (unpaired) electrons. The number of hydrogen-bond acceptors (Lipinski definition) is 6. The fourth-order valence-electron chi connectivity index (χ4n) is 3.48. The number of aromatic nitrogens is 1. The van der Waals surface area contributed by atoms with Gasteiger partial charge in [0.1, 0.15) is 5.82 Å². The second kappa shape index (κ2) is 8.84. The van der Waals surface area contributed by atoms with Crippen LogP contribution in [0.15, 0.2) is 52.4 Å². The molecule has 162 valence electrons. The summed E-state index contributed by atoms with van der Waals surface area (Å²) in [7, 11) is 3.17. The molecule has 0 amide bonds. The molecule has 0 fully saturated rings. The van der Waals surface area contributed by atoms with Crippen molar-refractivity contribution in [3.63, 3.8) is 0 Å². The molecule has 1 aliphatic rings. The van der Waals surface area contributed by atoms with Gasteiger partial charge in [-0.2, -0.15) is 0 Å². The van der Waals surface area contributed by atoms with Crippen LogP contribution in [0.1, 0.15) is 5.69 Å². The lowest BCUT2D eigenvalue weighted by atomic mass is 9.96. The molecule has 0 bridgehead atoms. The van der Waals surface area contributed by atoms with Gasteiger partial charge in [-0.1, -0.05) is 0 Å². The van der Waals surface area contributed by atoms with Crippen LogP contribution >= 0.6 is 23.5 Å². The second-order valence-electron chi connectivity index (χ2n) is 7.14. The molecule has 0 unspecified atom stereocenters. The Balaban J connectivity index is 1.50. The number of benzene rings is 2. The molecule has 1 aliphatic heterocycles. The summed E-state index contributed by atoms with van der Waals surface area (Å²) in [5, 5.41) is 11.6. The Morgan fingerprint density at radius 2 is 2.03 bits per heavy atom. The molecule has 0 aliphatic carbocycles. The van der Waals surface area contributed by atoms with Crippen molar-refractivity contribution in [3.05, 3.63) is 54.0 Å². The predicted molar refractivity (Wildman–Crippen MR) is 122 cm³/mol. The van der Waals surface area contributed by atoms with Gasteiger partial charge in [0.25, 0.3) is 0 Å². The van der Waals surface area contributed by atoms with E-state index in [9.17, 15) is 14.3 Å². The summed E-state index contributed by atoms with van der Waals surface area (Å²) in [6.45, 7) is 0. The summed E-state index contributed by atoms with van der Waals surface area (Å²) in [6.07, 6.45) is 0.218. The van der Waals surface area contributed by atoms with E-state index in [0.29, 0.717) is 28.5 Å². The molecule has 2 heterocycles. The topological polar surface area (TPSA) is 83.9 Å². The van der Waals surface area contributed by atoms with Gasteiger partial charge in [0, 0.05) is 34.0 Å². The number of nitrogens with zero attached hydrogens (tertiary/aromatic N) is 1. The van der Waals surface area contributed by atoms with Gasteiger partial charge in [-0.05, 0) is 47.9 Å². The second-order valence-corrected chi connectivity index (χ2v) is 9.24. The highest BCUT2D eigenvalue weighted by atomic mass is 32.2. The molecule has 1 aromatic heterocycles. The van der Waals surface area contributed by atoms with Crippen LogP contribution in [0, 0.1) is 5.82 Å². The molecular weight excluding hydrogens is 439 g/mol. The fourth-order valence-corrected chi connectivity index (χ4v) is 5.63. The monoisotopic (exact) mass is 460 g/mol. The molecule has 9 heteroatoms. The largest absolute Gasteiger partial charge is 0.493 e. The maximum Gasteiger partial charge on any atom is 0.332 e. The van der Waals surface area contributed by atoms with Gasteiger partial charge >= 0.3 is 5.97 Å². The van der Waals surface area contributed by atoms with Gasteiger partial charge in [-0.15, -0.1) is 23.5 Å². The number of aromatic amines is 1. The molecule has 1 atom stereocenters. The van der Waals surface area contributed by atoms with E-state index in [0.717, 1.165) is 21.0 Å². The Kier molecular flexibility index (Phi) is 6.15. The molecule has 2 N–H and O–H groups in total. The highest BCUT2D eigenvalue weighted by Gasteiger charge is 2.43. The Morgan fingerprint density at radius 3 is 2.77 bits per heavy atom. The van der Waals surface area contributed by atoms with E-state index < -0.39 is 11.5 Å². The van der Waals surface area contributed by atoms with Crippen molar-refractivity contribution in [2.45, 2.75) is 16.9 Å². The lowest BCUT2D eigenvalue weighted by molar-refractivity contribution is -0.142. The number of H-pyrrole nitrogens is 1. The van der Waals surface area contributed by atoms with Crippen LogP contribution < -0.4 is 9.47 Å². The Morgan fingerprint density at radius 1 is 1.23 bits per heavy atom. The summed E-state index contributed by atoms with van der Waals surface area (Å²) in [4.78, 5) is 20.8. The summed E-state index contributed by atoms with van der Waals surface area (Å²) in [5.41, 5.74) is 0.132. The van der Waals surface area contributed by atoms with Gasteiger partial charge in [0.15, 0.2) is 17.0 Å². The van der Waals surface area contributed by atoms with E-state index in [1.54, 1.807) is 32.0 Å². The first-order valence-corrected chi connectivity index (χ1v) is 11.5. The zero-order valence-electron chi connectivity index (χ0n) is 17.0. The normalized spacial score (nSPS) is 18.2. The number of aliphatic carboxylic acids is 1. The lowest BCUT2D eigenvalue weighted by Crippen LogP contribution is -2.39. The summed E-state index contributed by atoms with van der Waals surface area (Å²) in [6, 6.07) is 12.0. The van der Waals surface area contributed by atoms with Crippen molar-refractivity contribution in [3.8, 4) is 11.5 Å². The van der Waals surface area contributed by atoms with E-state index in [1.807, 2.05) is 24.3 Å². The number of ether oxygens (including phenoxy) is 2. The minimum Gasteiger partial charge on any atom is -0.493 e. The molecule has 6 nitrogen and oxygen atoms in total. The lowest BCUT2D eigenvalue weighted by Gasteiger charge is -2.19. The van der Waals surface area contributed by atoms with Gasteiger partial charge in [0.05, 0.1) is 19.3 Å². The highest BCUT2D eigenvalue weighted by Crippen LogP contribution is 2.36. The highest BCUT2D eigenvalue weighted by molar-refractivity contribution is 8.16. The van der Waals surface area contributed by atoms with Gasteiger partial charge in [-0.25, -0.2) is 9.18 Å². The molecule has 0 saturated heterocycles. The number of rotatable bonds is 8. The predicted octanol–water partition coefficient (Wildman–Crippen LogP) is 4.63. The third-order valence-corrected chi connectivity index (χ3v) is 7.43. The average molecular weight is 461 g/mol. The standard InChI is InChI=1S/C22H21FN2O4S2/c1-28-18-6-5-16(9-19(18)29-2)30-11-20-25-22(12-31-20,21(26)27)10-15-7-13-3-4-14(23)8-17(13)24-15/h3-9,24H,10-12H2,1-2H3,(H,26,27)/t22-/m0/s1. The molecule has 0 saturated carbocycles. The minimum absolute atomic E-state index is 0.218. The van der Waals surface area contributed by atoms with Crippen molar-refractivity contribution in [2.24, 2.45) is 4.99 Å². The van der Waals surface area contributed by atoms with E-state index in [1.165, 1.54) is 23.9 Å².